The minimum absolute atomic E-state index is 0.0419. The summed E-state index contributed by atoms with van der Waals surface area (Å²) in [7, 11) is 0. The van der Waals surface area contributed by atoms with Crippen LogP contribution in [0.1, 0.15) is 35.2 Å². The molecular weight excluding hydrogens is 352 g/mol. The van der Waals surface area contributed by atoms with Crippen molar-refractivity contribution in [2.75, 3.05) is 0 Å². The number of nitrogens with zero attached hydrogens (tertiary/aromatic N) is 5. The molecule has 1 aliphatic heterocycles. The fourth-order valence-electron chi connectivity index (χ4n) is 3.45. The number of hydrogen-bond acceptors (Lipinski definition) is 4. The highest BCUT2D eigenvalue weighted by molar-refractivity contribution is 6.30. The van der Waals surface area contributed by atoms with Gasteiger partial charge in [-0.2, -0.15) is 10.2 Å². The van der Waals surface area contributed by atoms with Crippen molar-refractivity contribution in [1.82, 2.24) is 24.5 Å². The van der Waals surface area contributed by atoms with Gasteiger partial charge in [0.05, 0.1) is 13.0 Å². The molecule has 26 heavy (non-hydrogen) atoms. The molecule has 0 saturated heterocycles. The lowest BCUT2D eigenvalue weighted by molar-refractivity contribution is -0.117. The Morgan fingerprint density at radius 2 is 2.23 bits per heavy atom. The molecule has 0 fully saturated rings. The summed E-state index contributed by atoms with van der Waals surface area (Å²) in [4.78, 5) is 15.9. The zero-order valence-corrected chi connectivity index (χ0v) is 14.9. The third-order valence-corrected chi connectivity index (χ3v) is 4.85. The Bertz CT molecular complexity index is 947. The van der Waals surface area contributed by atoms with Gasteiger partial charge in [-0.05, 0) is 36.6 Å². The molecule has 2 N–H and O–H groups in total. The summed E-state index contributed by atoms with van der Waals surface area (Å²) in [6.07, 6.45) is 3.65. The van der Waals surface area contributed by atoms with Gasteiger partial charge in [0.1, 0.15) is 5.82 Å². The molecule has 8 heteroatoms. The van der Waals surface area contributed by atoms with Crippen LogP contribution in [0.4, 0.5) is 0 Å². The van der Waals surface area contributed by atoms with Crippen molar-refractivity contribution in [3.05, 3.63) is 64.5 Å². The number of aryl methyl sites for hydroxylation is 1. The van der Waals surface area contributed by atoms with Crippen molar-refractivity contribution >= 4 is 17.5 Å². The van der Waals surface area contributed by atoms with E-state index < -0.39 is 5.91 Å². The summed E-state index contributed by atoms with van der Waals surface area (Å²) in [5.74, 6) is 1.15. The van der Waals surface area contributed by atoms with Gasteiger partial charge >= 0.3 is 0 Å². The standard InChI is InChI=1S/C18H19ClN6O/c19-14-3-1-2-12(8-14)11-25-18(22-17(23-25)10-16(20)26)13-5-7-24-15(9-13)4-6-21-24/h1-4,6,8,13H,5,7,9-11H2,(H2,20,26). The molecule has 0 radical (unpaired) electrons. The summed E-state index contributed by atoms with van der Waals surface area (Å²) in [6, 6.07) is 9.71. The first-order chi connectivity index (χ1) is 12.6. The number of nitrogens with two attached hydrogens (primary N) is 1. The monoisotopic (exact) mass is 370 g/mol. The predicted molar refractivity (Wildman–Crippen MR) is 96.8 cm³/mol. The van der Waals surface area contributed by atoms with E-state index >= 15 is 0 Å². The molecule has 3 aromatic rings. The number of rotatable bonds is 5. The van der Waals surface area contributed by atoms with Crippen LogP contribution in [-0.4, -0.2) is 30.5 Å². The van der Waals surface area contributed by atoms with Gasteiger partial charge in [0.2, 0.25) is 5.91 Å². The molecule has 4 rings (SSSR count). The van der Waals surface area contributed by atoms with Gasteiger partial charge in [0.25, 0.3) is 0 Å². The van der Waals surface area contributed by atoms with E-state index in [0.717, 1.165) is 30.8 Å². The molecule has 1 aliphatic rings. The van der Waals surface area contributed by atoms with E-state index in [4.69, 9.17) is 17.3 Å². The van der Waals surface area contributed by atoms with Gasteiger partial charge in [-0.25, -0.2) is 9.67 Å². The molecule has 1 atom stereocenters. The Morgan fingerprint density at radius 1 is 1.35 bits per heavy atom. The molecule has 1 aromatic carbocycles. The van der Waals surface area contributed by atoms with Crippen LogP contribution in [0.15, 0.2) is 36.5 Å². The van der Waals surface area contributed by atoms with E-state index in [2.05, 4.69) is 15.2 Å². The number of hydrogen-bond donors (Lipinski definition) is 1. The number of halogens is 1. The quantitative estimate of drug-likeness (QED) is 0.742. The van der Waals surface area contributed by atoms with Crippen LogP contribution in [0.25, 0.3) is 0 Å². The molecule has 0 spiro atoms. The molecule has 1 amide bonds. The summed E-state index contributed by atoms with van der Waals surface area (Å²) < 4.78 is 3.90. The summed E-state index contributed by atoms with van der Waals surface area (Å²) in [5, 5.41) is 9.54. The lowest BCUT2D eigenvalue weighted by atomic mass is 9.95. The Balaban J connectivity index is 1.66. The van der Waals surface area contributed by atoms with E-state index in [1.165, 1.54) is 5.69 Å². The summed E-state index contributed by atoms with van der Waals surface area (Å²) >= 11 is 6.10. The normalized spacial score (nSPS) is 16.4. The lowest BCUT2D eigenvalue weighted by Crippen LogP contribution is -2.21. The van der Waals surface area contributed by atoms with Crippen LogP contribution in [0.5, 0.6) is 0 Å². The minimum Gasteiger partial charge on any atom is -0.369 e. The first-order valence-electron chi connectivity index (χ1n) is 8.55. The second-order valence-electron chi connectivity index (χ2n) is 6.55. The SMILES string of the molecule is NC(=O)Cc1nc(C2CCn3nccc3C2)n(Cc2cccc(Cl)c2)n1. The molecule has 0 aliphatic carbocycles. The highest BCUT2D eigenvalue weighted by Crippen LogP contribution is 2.28. The maximum Gasteiger partial charge on any atom is 0.225 e. The average molecular weight is 371 g/mol. The number of carbonyl (C=O) groups is 1. The van der Waals surface area contributed by atoms with Crippen LogP contribution >= 0.6 is 11.6 Å². The first-order valence-corrected chi connectivity index (χ1v) is 8.93. The Labute approximate surface area is 155 Å². The van der Waals surface area contributed by atoms with Crippen molar-refractivity contribution in [3.8, 4) is 0 Å². The highest BCUT2D eigenvalue weighted by Gasteiger charge is 2.26. The van der Waals surface area contributed by atoms with Gasteiger partial charge in [0.15, 0.2) is 5.82 Å². The maximum absolute atomic E-state index is 11.3. The van der Waals surface area contributed by atoms with Gasteiger partial charge in [-0.1, -0.05) is 23.7 Å². The highest BCUT2D eigenvalue weighted by atomic mass is 35.5. The van der Waals surface area contributed by atoms with E-state index in [-0.39, 0.29) is 12.3 Å². The Morgan fingerprint density at radius 3 is 3.04 bits per heavy atom. The second-order valence-corrected chi connectivity index (χ2v) is 6.99. The smallest absolute Gasteiger partial charge is 0.225 e. The third kappa shape index (κ3) is 3.48. The maximum atomic E-state index is 11.3. The topological polar surface area (TPSA) is 91.6 Å². The lowest BCUT2D eigenvalue weighted by Gasteiger charge is -2.23. The van der Waals surface area contributed by atoms with Crippen molar-refractivity contribution in [1.29, 1.82) is 0 Å². The molecule has 1 unspecified atom stereocenters. The van der Waals surface area contributed by atoms with Crippen molar-refractivity contribution in [3.63, 3.8) is 0 Å². The van der Waals surface area contributed by atoms with Crippen LogP contribution < -0.4 is 5.73 Å². The van der Waals surface area contributed by atoms with E-state index in [0.29, 0.717) is 17.4 Å². The van der Waals surface area contributed by atoms with Gasteiger partial charge < -0.3 is 5.73 Å². The van der Waals surface area contributed by atoms with Gasteiger partial charge in [-0.3, -0.25) is 9.48 Å². The summed E-state index contributed by atoms with van der Waals surface area (Å²) in [6.45, 7) is 1.40. The number of carbonyl (C=O) groups excluding carboxylic acids is 1. The fourth-order valence-corrected chi connectivity index (χ4v) is 3.66. The zero-order valence-electron chi connectivity index (χ0n) is 14.2. The molecule has 0 saturated carbocycles. The predicted octanol–water partition coefficient (Wildman–Crippen LogP) is 1.93. The van der Waals surface area contributed by atoms with Crippen LogP contribution in [0, 0.1) is 0 Å². The molecule has 7 nitrogen and oxygen atoms in total. The number of amides is 1. The molecule has 3 heterocycles. The number of benzene rings is 1. The zero-order chi connectivity index (χ0) is 18.1. The Kier molecular flexibility index (Phi) is 4.46. The van der Waals surface area contributed by atoms with Gasteiger partial charge in [-0.15, -0.1) is 0 Å². The molecule has 134 valence electrons. The number of primary amides is 1. The number of aromatic nitrogens is 5. The molecule has 0 bridgehead atoms. The molecular formula is C18H19ClN6O. The minimum atomic E-state index is -0.432. The third-order valence-electron chi connectivity index (χ3n) is 4.61. The summed E-state index contributed by atoms with van der Waals surface area (Å²) in [5.41, 5.74) is 7.55. The molecule has 2 aromatic heterocycles. The Hall–Kier alpha value is -2.67. The fraction of sp³-hybridized carbons (Fsp3) is 0.333. The first kappa shape index (κ1) is 16.8. The number of fused-ring (bicyclic) bond motifs is 1. The van der Waals surface area contributed by atoms with Gasteiger partial charge in [0, 0.05) is 29.4 Å². The van der Waals surface area contributed by atoms with Crippen LogP contribution in [0.2, 0.25) is 5.02 Å². The van der Waals surface area contributed by atoms with Crippen molar-refractivity contribution in [2.24, 2.45) is 5.73 Å². The van der Waals surface area contributed by atoms with E-state index in [9.17, 15) is 4.79 Å². The van der Waals surface area contributed by atoms with Crippen molar-refractivity contribution in [2.45, 2.75) is 38.3 Å². The second kappa shape index (κ2) is 6.92. The van der Waals surface area contributed by atoms with Crippen LogP contribution in [-0.2, 0) is 30.7 Å². The van der Waals surface area contributed by atoms with Crippen LogP contribution in [0.3, 0.4) is 0 Å². The van der Waals surface area contributed by atoms with Crippen molar-refractivity contribution < 1.29 is 4.79 Å². The average Bonchev–Trinajstić information content (AvgIpc) is 3.20. The van der Waals surface area contributed by atoms with E-state index in [1.807, 2.05) is 45.9 Å². The largest absolute Gasteiger partial charge is 0.369 e. The van der Waals surface area contributed by atoms with E-state index in [1.54, 1.807) is 0 Å².